The van der Waals surface area contributed by atoms with Gasteiger partial charge in [-0.05, 0) is 4.92 Å². The number of nitro groups is 1. The molecule has 0 aliphatic heterocycles. The summed E-state index contributed by atoms with van der Waals surface area (Å²) >= 11 is 0. The molecule has 0 saturated heterocycles. The predicted octanol–water partition coefficient (Wildman–Crippen LogP) is -0.113. The fraction of sp³-hybridized carbons (Fsp3) is 0.333. The molecule has 0 unspecified atom stereocenters. The Balaban J connectivity index is 2.54. The Hall–Kier alpha value is -2.12. The Labute approximate surface area is 78.4 Å². The predicted molar refractivity (Wildman–Crippen MR) is 44.4 cm³/mol. The number of ether oxygens (including phenoxy) is 1. The van der Waals surface area contributed by atoms with Crippen LogP contribution in [0.25, 0.3) is 0 Å². The van der Waals surface area contributed by atoms with Crippen molar-refractivity contribution < 1.29 is 14.5 Å². The van der Waals surface area contributed by atoms with Crippen molar-refractivity contribution in [2.45, 2.75) is 6.54 Å². The minimum absolute atomic E-state index is 0.0213. The number of rotatable bonds is 4. The third-order valence-corrected chi connectivity index (χ3v) is 1.45. The van der Waals surface area contributed by atoms with Crippen LogP contribution in [0.2, 0.25) is 0 Å². The van der Waals surface area contributed by atoms with Gasteiger partial charge in [0.2, 0.25) is 0 Å². The highest BCUT2D eigenvalue weighted by molar-refractivity contribution is 5.64. The zero-order chi connectivity index (χ0) is 10.6. The average Bonchev–Trinajstić information content (AvgIpc) is 2.51. The summed E-state index contributed by atoms with van der Waals surface area (Å²) in [7, 11) is 0. The second-order valence-electron chi connectivity index (χ2n) is 2.37. The molecule has 1 aromatic rings. The van der Waals surface area contributed by atoms with E-state index in [-0.39, 0.29) is 19.0 Å². The Morgan fingerprint density at radius 3 is 3.07 bits per heavy atom. The van der Waals surface area contributed by atoms with Crippen LogP contribution in [0.3, 0.4) is 0 Å². The molecular weight excluding hydrogens is 192 g/mol. The number of carbonyl (C=O) groups excluding carboxylic acids is 1. The minimum Gasteiger partial charge on any atom is -0.446 e. The summed E-state index contributed by atoms with van der Waals surface area (Å²) in [5.74, 6) is -0.155. The van der Waals surface area contributed by atoms with Crippen molar-refractivity contribution in [2.75, 3.05) is 6.61 Å². The second-order valence-corrected chi connectivity index (χ2v) is 2.37. The third kappa shape index (κ3) is 2.44. The van der Waals surface area contributed by atoms with Crippen molar-refractivity contribution >= 4 is 11.9 Å². The van der Waals surface area contributed by atoms with E-state index in [0.717, 1.165) is 6.20 Å². The van der Waals surface area contributed by atoms with Crippen molar-refractivity contribution in [3.8, 4) is 0 Å². The largest absolute Gasteiger partial charge is 0.446 e. The summed E-state index contributed by atoms with van der Waals surface area (Å²) < 4.78 is 5.67. The van der Waals surface area contributed by atoms with Crippen molar-refractivity contribution in [1.82, 2.24) is 9.55 Å². The Morgan fingerprint density at radius 2 is 2.50 bits per heavy atom. The summed E-state index contributed by atoms with van der Waals surface area (Å²) in [4.78, 5) is 23.6. The molecule has 8 nitrogen and oxygen atoms in total. The van der Waals surface area contributed by atoms with Gasteiger partial charge in [0, 0.05) is 0 Å². The van der Waals surface area contributed by atoms with Crippen LogP contribution in [0, 0.1) is 10.1 Å². The lowest BCUT2D eigenvalue weighted by Gasteiger charge is -2.00. The van der Waals surface area contributed by atoms with Crippen LogP contribution in [0.1, 0.15) is 0 Å². The number of aromatic nitrogens is 2. The molecule has 0 bridgehead atoms. The quantitative estimate of drug-likeness (QED) is 0.537. The average molecular weight is 200 g/mol. The van der Waals surface area contributed by atoms with Gasteiger partial charge >= 0.3 is 11.9 Å². The molecule has 1 rings (SSSR count). The SMILES string of the molecule is NC(=O)OCCn1cncc1[N+](=O)[O-]. The van der Waals surface area contributed by atoms with E-state index >= 15 is 0 Å². The number of imidazole rings is 1. The highest BCUT2D eigenvalue weighted by Gasteiger charge is 2.12. The van der Waals surface area contributed by atoms with Crippen LogP contribution < -0.4 is 5.73 Å². The summed E-state index contributed by atoms with van der Waals surface area (Å²) in [6.07, 6.45) is 1.49. The number of hydrogen-bond donors (Lipinski definition) is 1. The molecular formula is C6H8N4O4. The highest BCUT2D eigenvalue weighted by atomic mass is 16.6. The van der Waals surface area contributed by atoms with Crippen molar-refractivity contribution in [2.24, 2.45) is 5.73 Å². The smallest absolute Gasteiger partial charge is 0.404 e. The number of primary amides is 1. The van der Waals surface area contributed by atoms with Crippen LogP contribution in [0.5, 0.6) is 0 Å². The van der Waals surface area contributed by atoms with Crippen LogP contribution in [-0.4, -0.2) is 27.2 Å². The van der Waals surface area contributed by atoms with Crippen molar-refractivity contribution in [3.05, 3.63) is 22.6 Å². The van der Waals surface area contributed by atoms with Crippen molar-refractivity contribution in [1.29, 1.82) is 0 Å². The lowest BCUT2D eigenvalue weighted by Crippen LogP contribution is -2.16. The van der Waals surface area contributed by atoms with Gasteiger partial charge in [0.05, 0.1) is 0 Å². The molecule has 1 aromatic heterocycles. The third-order valence-electron chi connectivity index (χ3n) is 1.45. The minimum atomic E-state index is -0.909. The molecule has 0 radical (unpaired) electrons. The molecule has 2 N–H and O–H groups in total. The molecule has 0 saturated carbocycles. The lowest BCUT2D eigenvalue weighted by atomic mass is 10.6. The van der Waals surface area contributed by atoms with E-state index in [2.05, 4.69) is 9.72 Å². The van der Waals surface area contributed by atoms with E-state index < -0.39 is 11.0 Å². The molecule has 8 heteroatoms. The molecule has 0 atom stereocenters. The molecule has 1 amide bonds. The van der Waals surface area contributed by atoms with E-state index in [1.165, 1.54) is 10.9 Å². The molecule has 0 aliphatic carbocycles. The maximum Gasteiger partial charge on any atom is 0.404 e. The number of nitrogens with two attached hydrogens (primary N) is 1. The second kappa shape index (κ2) is 4.21. The zero-order valence-corrected chi connectivity index (χ0v) is 7.12. The van der Waals surface area contributed by atoms with Gasteiger partial charge < -0.3 is 20.6 Å². The fourth-order valence-corrected chi connectivity index (χ4v) is 0.883. The molecule has 76 valence electrons. The van der Waals surface area contributed by atoms with E-state index in [1.54, 1.807) is 0 Å². The lowest BCUT2D eigenvalue weighted by molar-refractivity contribution is -0.392. The van der Waals surface area contributed by atoms with Gasteiger partial charge in [-0.15, -0.1) is 0 Å². The summed E-state index contributed by atoms with van der Waals surface area (Å²) in [6.45, 7) is 0.131. The summed E-state index contributed by atoms with van der Waals surface area (Å²) in [5, 5.41) is 10.4. The van der Waals surface area contributed by atoms with Gasteiger partial charge in [0.25, 0.3) is 0 Å². The molecule has 0 fully saturated rings. The Morgan fingerprint density at radius 1 is 1.79 bits per heavy atom. The Kier molecular flexibility index (Phi) is 3.00. The fourth-order valence-electron chi connectivity index (χ4n) is 0.883. The number of hydrogen-bond acceptors (Lipinski definition) is 5. The van der Waals surface area contributed by atoms with Gasteiger partial charge in [-0.3, -0.25) is 0 Å². The molecule has 1 heterocycles. The zero-order valence-electron chi connectivity index (χ0n) is 7.12. The standard InChI is InChI=1S/C6H8N4O4/c7-6(11)14-2-1-9-4-8-3-5(9)10(12)13/h3-4H,1-2H2,(H2,7,11). The maximum absolute atomic E-state index is 10.4. The summed E-state index contributed by atoms with van der Waals surface area (Å²) in [5.41, 5.74) is 4.71. The van der Waals surface area contributed by atoms with E-state index in [0.29, 0.717) is 0 Å². The van der Waals surface area contributed by atoms with Gasteiger partial charge in [-0.2, -0.15) is 0 Å². The van der Waals surface area contributed by atoms with E-state index in [4.69, 9.17) is 5.73 Å². The molecule has 0 aromatic carbocycles. The van der Waals surface area contributed by atoms with Gasteiger partial charge in [0.15, 0.2) is 6.33 Å². The first-order valence-electron chi connectivity index (χ1n) is 3.68. The number of amides is 1. The first-order chi connectivity index (χ1) is 6.61. The number of carbonyl (C=O) groups is 1. The molecule has 14 heavy (non-hydrogen) atoms. The monoisotopic (exact) mass is 200 g/mol. The normalized spacial score (nSPS) is 9.71. The Bertz CT molecular complexity index is 347. The number of nitrogens with zero attached hydrogens (tertiary/aromatic N) is 3. The summed E-state index contributed by atoms with van der Waals surface area (Å²) in [6, 6.07) is 0. The first kappa shape index (κ1) is 9.96. The van der Waals surface area contributed by atoms with Gasteiger partial charge in [-0.1, -0.05) is 0 Å². The van der Waals surface area contributed by atoms with Crippen LogP contribution in [0.15, 0.2) is 12.5 Å². The van der Waals surface area contributed by atoms with Crippen LogP contribution in [0.4, 0.5) is 10.6 Å². The van der Waals surface area contributed by atoms with Gasteiger partial charge in [-0.25, -0.2) is 14.3 Å². The van der Waals surface area contributed by atoms with Crippen LogP contribution >= 0.6 is 0 Å². The molecule has 0 spiro atoms. The van der Waals surface area contributed by atoms with Crippen LogP contribution in [-0.2, 0) is 11.3 Å². The highest BCUT2D eigenvalue weighted by Crippen LogP contribution is 2.08. The first-order valence-corrected chi connectivity index (χ1v) is 3.68. The van der Waals surface area contributed by atoms with E-state index in [1.807, 2.05) is 0 Å². The topological polar surface area (TPSA) is 113 Å². The van der Waals surface area contributed by atoms with Crippen molar-refractivity contribution in [3.63, 3.8) is 0 Å². The van der Waals surface area contributed by atoms with E-state index in [9.17, 15) is 14.9 Å². The van der Waals surface area contributed by atoms with Gasteiger partial charge in [0.1, 0.15) is 19.3 Å². The molecule has 0 aliphatic rings. The maximum atomic E-state index is 10.4.